The van der Waals surface area contributed by atoms with Crippen LogP contribution in [0.1, 0.15) is 30.9 Å². The van der Waals surface area contributed by atoms with Crippen molar-refractivity contribution >= 4 is 11.6 Å². The minimum atomic E-state index is -0.523. The molecule has 0 aromatic heterocycles. The fourth-order valence-electron chi connectivity index (χ4n) is 2.25. The molecule has 1 fully saturated rings. The second-order valence-corrected chi connectivity index (χ2v) is 4.75. The summed E-state index contributed by atoms with van der Waals surface area (Å²) >= 11 is 6.06. The molecule has 0 radical (unpaired) electrons. The summed E-state index contributed by atoms with van der Waals surface area (Å²) in [4.78, 5) is 0. The van der Waals surface area contributed by atoms with Gasteiger partial charge in [0.05, 0.1) is 6.10 Å². The maximum absolute atomic E-state index is 10.3. The Bertz CT molecular complexity index is 344. The number of benzene rings is 1. The van der Waals surface area contributed by atoms with E-state index in [0.717, 1.165) is 24.8 Å². The second kappa shape index (κ2) is 4.12. The first-order valence-corrected chi connectivity index (χ1v) is 5.70. The molecule has 0 bridgehead atoms. The third kappa shape index (κ3) is 1.78. The molecule has 1 aromatic carbocycles. The molecule has 0 aliphatic heterocycles. The molecule has 1 aromatic rings. The van der Waals surface area contributed by atoms with Gasteiger partial charge in [0.2, 0.25) is 0 Å². The zero-order valence-corrected chi connectivity index (χ0v) is 9.37. The third-order valence-corrected chi connectivity index (χ3v) is 3.88. The maximum atomic E-state index is 10.3. The molecule has 0 heterocycles. The Hall–Kier alpha value is -0.570. The van der Waals surface area contributed by atoms with Crippen molar-refractivity contribution in [3.8, 4) is 0 Å². The second-order valence-electron chi connectivity index (χ2n) is 4.34. The SMILES string of the molecule is NCC1(C(O)c2ccccc2Cl)CCC1. The Kier molecular flexibility index (Phi) is 3.01. The molecule has 1 aliphatic carbocycles. The van der Waals surface area contributed by atoms with E-state index in [4.69, 9.17) is 17.3 Å². The number of hydrogen-bond acceptors (Lipinski definition) is 2. The molecule has 2 rings (SSSR count). The summed E-state index contributed by atoms with van der Waals surface area (Å²) in [5.74, 6) is 0. The van der Waals surface area contributed by atoms with Crippen molar-refractivity contribution in [2.45, 2.75) is 25.4 Å². The number of halogens is 1. The van der Waals surface area contributed by atoms with Crippen LogP contribution in [0.25, 0.3) is 0 Å². The van der Waals surface area contributed by atoms with E-state index in [0.29, 0.717) is 11.6 Å². The van der Waals surface area contributed by atoms with E-state index in [1.54, 1.807) is 0 Å². The molecule has 0 amide bonds. The molecule has 1 saturated carbocycles. The van der Waals surface area contributed by atoms with Gasteiger partial charge in [0.25, 0.3) is 0 Å². The van der Waals surface area contributed by atoms with E-state index in [1.165, 1.54) is 0 Å². The maximum Gasteiger partial charge on any atom is 0.0872 e. The van der Waals surface area contributed by atoms with Crippen LogP contribution < -0.4 is 5.73 Å². The van der Waals surface area contributed by atoms with Crippen LogP contribution in [0.2, 0.25) is 5.02 Å². The lowest BCUT2D eigenvalue weighted by atomic mass is 9.63. The van der Waals surface area contributed by atoms with Crippen molar-refractivity contribution in [3.05, 3.63) is 34.9 Å². The van der Waals surface area contributed by atoms with Crippen molar-refractivity contribution in [1.82, 2.24) is 0 Å². The zero-order chi connectivity index (χ0) is 10.9. The number of nitrogens with two attached hydrogens (primary N) is 1. The van der Waals surface area contributed by atoms with Crippen molar-refractivity contribution < 1.29 is 5.11 Å². The summed E-state index contributed by atoms with van der Waals surface area (Å²) in [6.45, 7) is 0.527. The topological polar surface area (TPSA) is 46.2 Å². The molecule has 2 nitrogen and oxygen atoms in total. The summed E-state index contributed by atoms with van der Waals surface area (Å²) in [7, 11) is 0. The summed E-state index contributed by atoms with van der Waals surface area (Å²) < 4.78 is 0. The van der Waals surface area contributed by atoms with Crippen molar-refractivity contribution in [3.63, 3.8) is 0 Å². The van der Waals surface area contributed by atoms with E-state index in [9.17, 15) is 5.11 Å². The zero-order valence-electron chi connectivity index (χ0n) is 8.62. The molecule has 82 valence electrons. The Labute approximate surface area is 95.1 Å². The summed E-state index contributed by atoms with van der Waals surface area (Å²) in [5, 5.41) is 10.9. The lowest BCUT2D eigenvalue weighted by molar-refractivity contribution is -0.0296. The fourth-order valence-corrected chi connectivity index (χ4v) is 2.49. The molecule has 1 aliphatic rings. The van der Waals surface area contributed by atoms with Crippen molar-refractivity contribution in [1.29, 1.82) is 0 Å². The third-order valence-electron chi connectivity index (χ3n) is 3.54. The Morgan fingerprint density at radius 3 is 2.53 bits per heavy atom. The number of rotatable bonds is 3. The largest absolute Gasteiger partial charge is 0.388 e. The molecule has 0 saturated heterocycles. The molecule has 15 heavy (non-hydrogen) atoms. The van der Waals surface area contributed by atoms with Gasteiger partial charge in [0, 0.05) is 17.0 Å². The highest BCUT2D eigenvalue weighted by Crippen LogP contribution is 2.50. The monoisotopic (exact) mass is 225 g/mol. The van der Waals surface area contributed by atoms with Crippen LogP contribution in [0.3, 0.4) is 0 Å². The van der Waals surface area contributed by atoms with Crippen LogP contribution in [0.5, 0.6) is 0 Å². The summed E-state index contributed by atoms with van der Waals surface area (Å²) in [6.07, 6.45) is 2.62. The quantitative estimate of drug-likeness (QED) is 0.831. The first kappa shape index (κ1) is 10.9. The first-order valence-electron chi connectivity index (χ1n) is 5.32. The lowest BCUT2D eigenvalue weighted by Gasteiger charge is -2.45. The smallest absolute Gasteiger partial charge is 0.0872 e. The lowest BCUT2D eigenvalue weighted by Crippen LogP contribution is -2.42. The van der Waals surface area contributed by atoms with Gasteiger partial charge < -0.3 is 10.8 Å². The summed E-state index contributed by atoms with van der Waals surface area (Å²) in [6, 6.07) is 7.45. The van der Waals surface area contributed by atoms with Gasteiger partial charge in [-0.2, -0.15) is 0 Å². The van der Waals surface area contributed by atoms with Crippen LogP contribution in [0.15, 0.2) is 24.3 Å². The summed E-state index contributed by atoms with van der Waals surface area (Å²) in [5.41, 5.74) is 6.43. The minimum absolute atomic E-state index is 0.134. The van der Waals surface area contributed by atoms with Crippen LogP contribution in [-0.2, 0) is 0 Å². The Morgan fingerprint density at radius 1 is 1.40 bits per heavy atom. The van der Waals surface area contributed by atoms with E-state index in [1.807, 2.05) is 24.3 Å². The number of aliphatic hydroxyl groups is 1. The van der Waals surface area contributed by atoms with Gasteiger partial charge in [-0.25, -0.2) is 0 Å². The minimum Gasteiger partial charge on any atom is -0.388 e. The van der Waals surface area contributed by atoms with Crippen LogP contribution in [0.4, 0.5) is 0 Å². The van der Waals surface area contributed by atoms with E-state index in [-0.39, 0.29) is 5.41 Å². The normalized spacial score (nSPS) is 20.7. The number of hydrogen-bond donors (Lipinski definition) is 2. The highest BCUT2D eigenvalue weighted by molar-refractivity contribution is 6.31. The van der Waals surface area contributed by atoms with Crippen LogP contribution >= 0.6 is 11.6 Å². The molecular formula is C12H16ClNO. The van der Waals surface area contributed by atoms with Crippen LogP contribution in [0, 0.1) is 5.41 Å². The van der Waals surface area contributed by atoms with E-state index < -0.39 is 6.10 Å². The van der Waals surface area contributed by atoms with Gasteiger partial charge >= 0.3 is 0 Å². The predicted molar refractivity (Wildman–Crippen MR) is 61.8 cm³/mol. The molecule has 3 N–H and O–H groups in total. The molecule has 3 heteroatoms. The first-order chi connectivity index (χ1) is 7.19. The molecular weight excluding hydrogens is 210 g/mol. The highest BCUT2D eigenvalue weighted by Gasteiger charge is 2.43. The average molecular weight is 226 g/mol. The highest BCUT2D eigenvalue weighted by atomic mass is 35.5. The molecule has 1 unspecified atom stereocenters. The van der Waals surface area contributed by atoms with Gasteiger partial charge in [-0.05, 0) is 24.5 Å². The van der Waals surface area contributed by atoms with Gasteiger partial charge in [-0.1, -0.05) is 36.2 Å². The molecule has 1 atom stereocenters. The fraction of sp³-hybridized carbons (Fsp3) is 0.500. The van der Waals surface area contributed by atoms with E-state index in [2.05, 4.69) is 0 Å². The van der Waals surface area contributed by atoms with Gasteiger partial charge in [0.1, 0.15) is 0 Å². The van der Waals surface area contributed by atoms with Crippen molar-refractivity contribution in [2.75, 3.05) is 6.54 Å². The molecule has 0 spiro atoms. The van der Waals surface area contributed by atoms with E-state index >= 15 is 0 Å². The van der Waals surface area contributed by atoms with Gasteiger partial charge in [-0.15, -0.1) is 0 Å². The predicted octanol–water partition coefficient (Wildman–Crippen LogP) is 2.50. The van der Waals surface area contributed by atoms with Crippen LogP contribution in [-0.4, -0.2) is 11.7 Å². The standard InChI is InChI=1S/C12H16ClNO/c13-10-5-2-1-4-9(10)11(15)12(8-14)6-3-7-12/h1-2,4-5,11,15H,3,6-8,14H2. The number of aliphatic hydroxyl groups excluding tert-OH is 1. The van der Waals surface area contributed by atoms with Crippen molar-refractivity contribution in [2.24, 2.45) is 11.1 Å². The Morgan fingerprint density at radius 2 is 2.07 bits per heavy atom. The average Bonchev–Trinajstić information content (AvgIpc) is 2.17. The Balaban J connectivity index is 2.27. The van der Waals surface area contributed by atoms with Gasteiger partial charge in [-0.3, -0.25) is 0 Å². The van der Waals surface area contributed by atoms with Gasteiger partial charge in [0.15, 0.2) is 0 Å².